The Morgan fingerprint density at radius 3 is 2.60 bits per heavy atom. The van der Waals surface area contributed by atoms with Gasteiger partial charge in [0.25, 0.3) is 0 Å². The normalized spacial score (nSPS) is 12.1. The summed E-state index contributed by atoms with van der Waals surface area (Å²) in [5, 5.41) is 5.39. The third kappa shape index (κ3) is 5.66. The first-order valence-electron chi connectivity index (χ1n) is 6.30. The van der Waals surface area contributed by atoms with E-state index < -0.39 is 12.1 Å². The van der Waals surface area contributed by atoms with Gasteiger partial charge in [0.2, 0.25) is 5.91 Å². The summed E-state index contributed by atoms with van der Waals surface area (Å²) in [5.74, 6) is -0.187. The predicted molar refractivity (Wildman–Crippen MR) is 87.9 cm³/mol. The van der Waals surface area contributed by atoms with Gasteiger partial charge in [-0.2, -0.15) is 0 Å². The Balaban J connectivity index is 2.43. The number of halogens is 1. The Labute approximate surface area is 136 Å². The van der Waals surface area contributed by atoms with E-state index in [2.05, 4.69) is 50.1 Å². The van der Waals surface area contributed by atoms with Crippen molar-refractivity contribution in [1.29, 1.82) is 0 Å². The van der Waals surface area contributed by atoms with Crippen LogP contribution in [0.25, 0.3) is 0 Å². The third-order valence-electron chi connectivity index (χ3n) is 2.71. The summed E-state index contributed by atoms with van der Waals surface area (Å²) in [6.45, 7) is 4.31. The highest BCUT2D eigenvalue weighted by molar-refractivity contribution is 14.1. The molecule has 0 spiro atoms. The zero-order chi connectivity index (χ0) is 15.1. The molecule has 1 rings (SSSR count). The Kier molecular flexibility index (Phi) is 7.28. The van der Waals surface area contributed by atoms with Gasteiger partial charge in [-0.25, -0.2) is 4.79 Å². The minimum absolute atomic E-state index is 0.00298. The molecule has 0 aromatic carbocycles. The van der Waals surface area contributed by atoms with E-state index in [-0.39, 0.29) is 11.8 Å². The average Bonchev–Trinajstić information content (AvgIpc) is 2.80. The first-order chi connectivity index (χ1) is 9.43. The van der Waals surface area contributed by atoms with Gasteiger partial charge in [0.15, 0.2) is 0 Å². The Bertz CT molecular complexity index is 462. The molecule has 1 atom stereocenters. The molecule has 2 N–H and O–H groups in total. The lowest BCUT2D eigenvalue weighted by molar-refractivity contribution is -0.124. The van der Waals surface area contributed by atoms with Crippen LogP contribution in [-0.2, 0) is 16.0 Å². The minimum atomic E-state index is -0.591. The van der Waals surface area contributed by atoms with Crippen LogP contribution >= 0.6 is 33.9 Å². The lowest BCUT2D eigenvalue weighted by Gasteiger charge is -2.20. The largest absolute Gasteiger partial charge is 0.453 e. The number of nitrogens with one attached hydrogen (secondary N) is 2. The molecule has 0 fully saturated rings. The van der Waals surface area contributed by atoms with Gasteiger partial charge >= 0.3 is 6.09 Å². The van der Waals surface area contributed by atoms with Crippen LogP contribution < -0.4 is 10.6 Å². The van der Waals surface area contributed by atoms with Crippen LogP contribution in [0.2, 0.25) is 0 Å². The van der Waals surface area contributed by atoms with Gasteiger partial charge in [-0.1, -0.05) is 13.8 Å². The molecule has 0 saturated carbocycles. The molecule has 2 amide bonds. The summed E-state index contributed by atoms with van der Waals surface area (Å²) in [6.07, 6.45) is 0.203. The second-order valence-corrected chi connectivity index (χ2v) is 7.67. The number of thiophene rings is 1. The molecular weight excluding hydrogens is 391 g/mol. The summed E-state index contributed by atoms with van der Waals surface area (Å²) in [4.78, 5) is 24.5. The second kappa shape index (κ2) is 8.46. The number of carbonyl (C=O) groups is 2. The maximum Gasteiger partial charge on any atom is 0.407 e. The van der Waals surface area contributed by atoms with E-state index in [4.69, 9.17) is 0 Å². The van der Waals surface area contributed by atoms with Gasteiger partial charge in [0.1, 0.15) is 6.04 Å². The van der Waals surface area contributed by atoms with E-state index >= 15 is 0 Å². The van der Waals surface area contributed by atoms with Crippen molar-refractivity contribution in [3.63, 3.8) is 0 Å². The SMILES string of the molecule is COC(=O)NC(C(=O)NCCc1ccc(I)s1)C(C)C. The molecule has 112 valence electrons. The van der Waals surface area contributed by atoms with Crippen molar-refractivity contribution in [3.8, 4) is 0 Å². The molecule has 0 bridgehead atoms. The number of hydrogen-bond donors (Lipinski definition) is 2. The standard InChI is InChI=1S/C13H19IN2O3S/c1-8(2)11(16-13(18)19-3)12(17)15-7-6-9-4-5-10(14)20-9/h4-5,8,11H,6-7H2,1-3H3,(H,15,17)(H,16,18). The topological polar surface area (TPSA) is 67.4 Å². The second-order valence-electron chi connectivity index (χ2n) is 4.60. The van der Waals surface area contributed by atoms with Gasteiger partial charge in [-0.3, -0.25) is 4.79 Å². The zero-order valence-electron chi connectivity index (χ0n) is 11.7. The van der Waals surface area contributed by atoms with Gasteiger partial charge in [0.05, 0.1) is 9.99 Å². The smallest absolute Gasteiger partial charge is 0.407 e. The Morgan fingerprint density at radius 2 is 2.10 bits per heavy atom. The summed E-state index contributed by atoms with van der Waals surface area (Å²) in [5.41, 5.74) is 0. The number of amides is 2. The first-order valence-corrected chi connectivity index (χ1v) is 8.20. The van der Waals surface area contributed by atoms with Gasteiger partial charge in [-0.05, 0) is 47.1 Å². The quantitative estimate of drug-likeness (QED) is 0.708. The molecular formula is C13H19IN2O3S. The zero-order valence-corrected chi connectivity index (χ0v) is 14.7. The van der Waals surface area contributed by atoms with Crippen LogP contribution in [0.1, 0.15) is 18.7 Å². The number of hydrogen-bond acceptors (Lipinski definition) is 4. The maximum absolute atomic E-state index is 12.1. The van der Waals surface area contributed by atoms with E-state index in [1.165, 1.54) is 14.9 Å². The Hall–Kier alpha value is -0.830. The summed E-state index contributed by atoms with van der Waals surface area (Å²) in [6, 6.07) is 3.54. The molecule has 1 aromatic heterocycles. The van der Waals surface area contributed by atoms with Crippen LogP contribution in [0.5, 0.6) is 0 Å². The van der Waals surface area contributed by atoms with Crippen molar-refractivity contribution in [1.82, 2.24) is 10.6 Å². The highest BCUT2D eigenvalue weighted by atomic mass is 127. The van der Waals surface area contributed by atoms with E-state index in [0.717, 1.165) is 6.42 Å². The first kappa shape index (κ1) is 17.2. The van der Waals surface area contributed by atoms with E-state index in [1.807, 2.05) is 13.8 Å². The third-order valence-corrected chi connectivity index (χ3v) is 4.66. The van der Waals surface area contributed by atoms with E-state index in [1.54, 1.807) is 11.3 Å². The molecule has 7 heteroatoms. The van der Waals surface area contributed by atoms with Crippen LogP contribution in [0.15, 0.2) is 12.1 Å². The van der Waals surface area contributed by atoms with Crippen molar-refractivity contribution in [2.24, 2.45) is 5.92 Å². The Morgan fingerprint density at radius 1 is 1.40 bits per heavy atom. The van der Waals surface area contributed by atoms with Crippen molar-refractivity contribution < 1.29 is 14.3 Å². The van der Waals surface area contributed by atoms with Crippen LogP contribution in [-0.4, -0.2) is 31.7 Å². The van der Waals surface area contributed by atoms with Gasteiger partial charge in [0, 0.05) is 11.4 Å². The molecule has 0 radical (unpaired) electrons. The van der Waals surface area contributed by atoms with Crippen molar-refractivity contribution in [3.05, 3.63) is 19.9 Å². The fourth-order valence-electron chi connectivity index (χ4n) is 1.63. The molecule has 20 heavy (non-hydrogen) atoms. The maximum atomic E-state index is 12.1. The van der Waals surface area contributed by atoms with Crippen LogP contribution in [0.3, 0.4) is 0 Å². The van der Waals surface area contributed by atoms with Crippen molar-refractivity contribution >= 4 is 45.9 Å². The number of rotatable bonds is 6. The minimum Gasteiger partial charge on any atom is -0.453 e. The summed E-state index contributed by atoms with van der Waals surface area (Å²) in [7, 11) is 1.28. The van der Waals surface area contributed by atoms with E-state index in [9.17, 15) is 9.59 Å². The van der Waals surface area contributed by atoms with Crippen molar-refractivity contribution in [2.75, 3.05) is 13.7 Å². The molecule has 5 nitrogen and oxygen atoms in total. The van der Waals surface area contributed by atoms with E-state index in [0.29, 0.717) is 6.54 Å². The molecule has 0 saturated heterocycles. The lowest BCUT2D eigenvalue weighted by atomic mass is 10.0. The predicted octanol–water partition coefficient (Wildman–Crippen LogP) is 2.39. The highest BCUT2D eigenvalue weighted by Crippen LogP contribution is 2.18. The molecule has 1 heterocycles. The fraction of sp³-hybridized carbons (Fsp3) is 0.538. The lowest BCUT2D eigenvalue weighted by Crippen LogP contribution is -2.50. The fourth-order valence-corrected chi connectivity index (χ4v) is 3.38. The molecule has 0 aliphatic carbocycles. The van der Waals surface area contributed by atoms with Gasteiger partial charge in [-0.15, -0.1) is 11.3 Å². The van der Waals surface area contributed by atoms with Crippen molar-refractivity contribution in [2.45, 2.75) is 26.3 Å². The number of ether oxygens (including phenoxy) is 1. The van der Waals surface area contributed by atoms with Crippen LogP contribution in [0, 0.1) is 8.80 Å². The average molecular weight is 410 g/mol. The summed E-state index contributed by atoms with van der Waals surface area (Å²) >= 11 is 3.99. The highest BCUT2D eigenvalue weighted by Gasteiger charge is 2.24. The number of methoxy groups -OCH3 is 1. The number of alkyl carbamates (subject to hydrolysis) is 1. The molecule has 0 aliphatic heterocycles. The summed E-state index contributed by atoms with van der Waals surface area (Å²) < 4.78 is 5.76. The number of carbonyl (C=O) groups excluding carboxylic acids is 2. The molecule has 1 unspecified atom stereocenters. The van der Waals surface area contributed by atoms with Gasteiger partial charge < -0.3 is 15.4 Å². The van der Waals surface area contributed by atoms with Crippen LogP contribution in [0.4, 0.5) is 4.79 Å². The molecule has 1 aromatic rings. The molecule has 0 aliphatic rings. The monoisotopic (exact) mass is 410 g/mol.